The summed E-state index contributed by atoms with van der Waals surface area (Å²) in [5.74, 6) is 0.436. The van der Waals surface area contributed by atoms with Gasteiger partial charge in [0.05, 0.1) is 13.7 Å². The van der Waals surface area contributed by atoms with E-state index in [0.717, 1.165) is 16.5 Å². The zero-order valence-corrected chi connectivity index (χ0v) is 14.5. The zero-order chi connectivity index (χ0) is 18.0. The molecule has 1 heterocycles. The van der Waals surface area contributed by atoms with Crippen LogP contribution in [0.2, 0.25) is 0 Å². The SMILES string of the molecule is COc1cccc2c(C)c(C(=O)NCC(C)(O)c3ccccc3)oc12. The van der Waals surface area contributed by atoms with Gasteiger partial charge in [-0.1, -0.05) is 42.5 Å². The van der Waals surface area contributed by atoms with Crippen molar-refractivity contribution in [2.24, 2.45) is 0 Å². The molecule has 0 spiro atoms. The lowest BCUT2D eigenvalue weighted by molar-refractivity contribution is 0.0519. The largest absolute Gasteiger partial charge is 0.493 e. The summed E-state index contributed by atoms with van der Waals surface area (Å²) in [4.78, 5) is 12.6. The van der Waals surface area contributed by atoms with Crippen molar-refractivity contribution in [3.05, 3.63) is 65.4 Å². The Hall–Kier alpha value is -2.79. The first-order valence-corrected chi connectivity index (χ1v) is 8.06. The van der Waals surface area contributed by atoms with Gasteiger partial charge in [0.1, 0.15) is 5.60 Å². The normalized spacial score (nSPS) is 13.4. The predicted octanol–water partition coefficient (Wildman–Crippen LogP) is 3.39. The number of methoxy groups -OCH3 is 1. The Kier molecular flexibility index (Phi) is 4.51. The Bertz CT molecular complexity index is 897. The molecule has 5 heteroatoms. The fourth-order valence-corrected chi connectivity index (χ4v) is 2.83. The Morgan fingerprint density at radius 1 is 1.20 bits per heavy atom. The molecule has 25 heavy (non-hydrogen) atoms. The summed E-state index contributed by atoms with van der Waals surface area (Å²) < 4.78 is 11.0. The van der Waals surface area contributed by atoms with E-state index in [-0.39, 0.29) is 18.2 Å². The summed E-state index contributed by atoms with van der Waals surface area (Å²) in [6.07, 6.45) is 0. The number of aryl methyl sites for hydroxylation is 1. The molecule has 3 rings (SSSR count). The summed E-state index contributed by atoms with van der Waals surface area (Å²) in [5, 5.41) is 14.2. The van der Waals surface area contributed by atoms with Gasteiger partial charge in [-0.2, -0.15) is 0 Å². The van der Waals surface area contributed by atoms with Crippen molar-refractivity contribution in [1.82, 2.24) is 5.32 Å². The fourth-order valence-electron chi connectivity index (χ4n) is 2.83. The number of ether oxygens (including phenoxy) is 1. The number of rotatable bonds is 5. The van der Waals surface area contributed by atoms with E-state index in [1.165, 1.54) is 0 Å². The van der Waals surface area contributed by atoms with Gasteiger partial charge < -0.3 is 19.6 Å². The number of hydrogen-bond acceptors (Lipinski definition) is 4. The smallest absolute Gasteiger partial charge is 0.287 e. The van der Waals surface area contributed by atoms with Gasteiger partial charge in [-0.3, -0.25) is 4.79 Å². The number of nitrogens with one attached hydrogen (secondary N) is 1. The van der Waals surface area contributed by atoms with Crippen LogP contribution in [0.1, 0.15) is 28.6 Å². The molecule has 0 aliphatic heterocycles. The summed E-state index contributed by atoms with van der Waals surface area (Å²) in [6, 6.07) is 14.7. The van der Waals surface area contributed by atoms with E-state index in [1.807, 2.05) is 49.4 Å². The monoisotopic (exact) mass is 339 g/mol. The molecule has 2 N–H and O–H groups in total. The summed E-state index contributed by atoms with van der Waals surface area (Å²) in [6.45, 7) is 3.57. The highest BCUT2D eigenvalue weighted by molar-refractivity contribution is 6.00. The molecule has 130 valence electrons. The van der Waals surface area contributed by atoms with E-state index in [0.29, 0.717) is 11.3 Å². The molecule has 1 atom stereocenters. The topological polar surface area (TPSA) is 71.7 Å². The molecule has 0 aliphatic carbocycles. The quantitative estimate of drug-likeness (QED) is 0.747. The van der Waals surface area contributed by atoms with Crippen LogP contribution in [0.4, 0.5) is 0 Å². The molecule has 1 aromatic heterocycles. The van der Waals surface area contributed by atoms with Crippen molar-refractivity contribution >= 4 is 16.9 Å². The number of amides is 1. The number of carbonyl (C=O) groups is 1. The molecule has 5 nitrogen and oxygen atoms in total. The second-order valence-corrected chi connectivity index (χ2v) is 6.22. The van der Waals surface area contributed by atoms with Gasteiger partial charge in [-0.25, -0.2) is 0 Å². The van der Waals surface area contributed by atoms with Crippen LogP contribution in [0, 0.1) is 6.92 Å². The van der Waals surface area contributed by atoms with Crippen LogP contribution < -0.4 is 10.1 Å². The van der Waals surface area contributed by atoms with Crippen molar-refractivity contribution in [1.29, 1.82) is 0 Å². The molecule has 1 amide bonds. The third kappa shape index (κ3) is 3.23. The Balaban J connectivity index is 1.82. The molecule has 1 unspecified atom stereocenters. The fraction of sp³-hybridized carbons (Fsp3) is 0.250. The second-order valence-electron chi connectivity index (χ2n) is 6.22. The van der Waals surface area contributed by atoms with Gasteiger partial charge in [-0.15, -0.1) is 0 Å². The number of carbonyl (C=O) groups excluding carboxylic acids is 1. The number of para-hydroxylation sites is 1. The van der Waals surface area contributed by atoms with E-state index >= 15 is 0 Å². The summed E-state index contributed by atoms with van der Waals surface area (Å²) in [7, 11) is 1.56. The van der Waals surface area contributed by atoms with Gasteiger partial charge in [0.25, 0.3) is 5.91 Å². The van der Waals surface area contributed by atoms with Crippen molar-refractivity contribution in [2.45, 2.75) is 19.4 Å². The maximum Gasteiger partial charge on any atom is 0.287 e. The van der Waals surface area contributed by atoms with Crippen LogP contribution in [-0.4, -0.2) is 24.7 Å². The Labute approximate surface area is 146 Å². The minimum Gasteiger partial charge on any atom is -0.493 e. The van der Waals surface area contributed by atoms with Crippen molar-refractivity contribution in [2.75, 3.05) is 13.7 Å². The van der Waals surface area contributed by atoms with Crippen LogP contribution in [0.3, 0.4) is 0 Å². The second kappa shape index (κ2) is 6.61. The highest BCUT2D eigenvalue weighted by Gasteiger charge is 2.26. The van der Waals surface area contributed by atoms with Crippen molar-refractivity contribution < 1.29 is 19.1 Å². The number of furan rings is 1. The molecule has 2 aromatic carbocycles. The maximum atomic E-state index is 12.6. The first-order valence-electron chi connectivity index (χ1n) is 8.06. The van der Waals surface area contributed by atoms with Crippen molar-refractivity contribution in [3.63, 3.8) is 0 Å². The molecule has 0 bridgehead atoms. The Morgan fingerprint density at radius 2 is 1.92 bits per heavy atom. The Morgan fingerprint density at radius 3 is 2.60 bits per heavy atom. The zero-order valence-electron chi connectivity index (χ0n) is 14.5. The van der Waals surface area contributed by atoms with Crippen molar-refractivity contribution in [3.8, 4) is 5.75 Å². The van der Waals surface area contributed by atoms with Crippen LogP contribution in [0.5, 0.6) is 5.75 Å². The molecule has 0 saturated carbocycles. The number of fused-ring (bicyclic) bond motifs is 1. The minimum atomic E-state index is -1.17. The van der Waals surface area contributed by atoms with Crippen LogP contribution >= 0.6 is 0 Å². The number of aliphatic hydroxyl groups is 1. The average molecular weight is 339 g/mol. The molecule has 3 aromatic rings. The average Bonchev–Trinajstić information content (AvgIpc) is 2.97. The van der Waals surface area contributed by atoms with Crippen LogP contribution in [0.25, 0.3) is 11.0 Å². The predicted molar refractivity (Wildman–Crippen MR) is 95.8 cm³/mol. The van der Waals surface area contributed by atoms with Crippen LogP contribution in [0.15, 0.2) is 52.9 Å². The van der Waals surface area contributed by atoms with Gasteiger partial charge in [0.15, 0.2) is 17.1 Å². The van der Waals surface area contributed by atoms with Gasteiger partial charge in [0.2, 0.25) is 0 Å². The van der Waals surface area contributed by atoms with Gasteiger partial charge in [0, 0.05) is 10.9 Å². The standard InChI is InChI=1S/C20H21NO4/c1-13-15-10-7-11-16(24-3)18(15)25-17(13)19(22)21-12-20(2,23)14-8-5-4-6-9-14/h4-11,23H,12H2,1-3H3,(H,21,22). The molecular weight excluding hydrogens is 318 g/mol. The number of hydrogen-bond donors (Lipinski definition) is 2. The number of benzene rings is 2. The molecule has 0 aliphatic rings. The lowest BCUT2D eigenvalue weighted by Crippen LogP contribution is -2.38. The molecular formula is C20H21NO4. The maximum absolute atomic E-state index is 12.6. The van der Waals surface area contributed by atoms with E-state index in [4.69, 9.17) is 9.15 Å². The van der Waals surface area contributed by atoms with Gasteiger partial charge in [-0.05, 0) is 25.5 Å². The lowest BCUT2D eigenvalue weighted by Gasteiger charge is -2.24. The minimum absolute atomic E-state index is 0.0729. The molecule has 0 fully saturated rings. The van der Waals surface area contributed by atoms with E-state index < -0.39 is 5.60 Å². The first-order chi connectivity index (χ1) is 11.9. The van der Waals surface area contributed by atoms with Crippen LogP contribution in [-0.2, 0) is 5.60 Å². The highest BCUT2D eigenvalue weighted by Crippen LogP contribution is 2.32. The van der Waals surface area contributed by atoms with E-state index in [9.17, 15) is 9.90 Å². The summed E-state index contributed by atoms with van der Waals surface area (Å²) in [5.41, 5.74) is 0.848. The lowest BCUT2D eigenvalue weighted by atomic mass is 9.96. The molecule has 0 radical (unpaired) electrons. The third-order valence-electron chi connectivity index (χ3n) is 4.34. The van der Waals surface area contributed by atoms with E-state index in [1.54, 1.807) is 20.1 Å². The third-order valence-corrected chi connectivity index (χ3v) is 4.34. The van der Waals surface area contributed by atoms with Gasteiger partial charge >= 0.3 is 0 Å². The summed E-state index contributed by atoms with van der Waals surface area (Å²) >= 11 is 0. The van der Waals surface area contributed by atoms with E-state index in [2.05, 4.69) is 5.32 Å². The highest BCUT2D eigenvalue weighted by atomic mass is 16.5. The molecule has 0 saturated heterocycles. The first kappa shape index (κ1) is 17.0.